The summed E-state index contributed by atoms with van der Waals surface area (Å²) >= 11 is 0. The summed E-state index contributed by atoms with van der Waals surface area (Å²) in [7, 11) is 0. The maximum atomic E-state index is 12.1. The molecule has 0 unspecified atom stereocenters. The first-order chi connectivity index (χ1) is 13.0. The first kappa shape index (κ1) is 20.0. The zero-order valence-electron chi connectivity index (χ0n) is 15.7. The Balaban J connectivity index is 1.80. The van der Waals surface area contributed by atoms with E-state index in [1.165, 1.54) is 0 Å². The van der Waals surface area contributed by atoms with E-state index in [-0.39, 0.29) is 18.4 Å². The highest BCUT2D eigenvalue weighted by Crippen LogP contribution is 2.16. The molecule has 0 aliphatic rings. The van der Waals surface area contributed by atoms with E-state index in [1.807, 2.05) is 38.1 Å². The van der Waals surface area contributed by atoms with Crippen LogP contribution in [0.1, 0.15) is 24.2 Å². The van der Waals surface area contributed by atoms with Crippen molar-refractivity contribution in [2.75, 3.05) is 30.3 Å². The highest BCUT2D eigenvalue weighted by Gasteiger charge is 2.06. The standard InChI is InChI=1S/C21H25N3O3/c1-4-22-21(26)16-5-7-18(8-6-16)24-20(25)13-23-17-9-11-19(12-10-17)27-14-15(2)3/h5-12,23H,2,4,13-14H2,1,3H3,(H,22,26)(H,24,25). The molecule has 2 aromatic carbocycles. The molecule has 0 aliphatic carbocycles. The van der Waals surface area contributed by atoms with Crippen LogP contribution in [0.4, 0.5) is 11.4 Å². The fourth-order valence-corrected chi connectivity index (χ4v) is 2.23. The van der Waals surface area contributed by atoms with Gasteiger partial charge in [-0.15, -0.1) is 0 Å². The van der Waals surface area contributed by atoms with Crippen molar-refractivity contribution in [2.45, 2.75) is 13.8 Å². The van der Waals surface area contributed by atoms with Crippen molar-refractivity contribution in [3.05, 3.63) is 66.2 Å². The van der Waals surface area contributed by atoms with Crippen LogP contribution >= 0.6 is 0 Å². The van der Waals surface area contributed by atoms with Crippen molar-refractivity contribution < 1.29 is 14.3 Å². The Labute approximate surface area is 159 Å². The van der Waals surface area contributed by atoms with Gasteiger partial charge in [0.2, 0.25) is 5.91 Å². The summed E-state index contributed by atoms with van der Waals surface area (Å²) in [6.45, 7) is 8.74. The van der Waals surface area contributed by atoms with Crippen LogP contribution < -0.4 is 20.7 Å². The quantitative estimate of drug-likeness (QED) is 0.593. The minimum atomic E-state index is -0.177. The van der Waals surface area contributed by atoms with Crippen molar-refractivity contribution in [1.82, 2.24) is 5.32 Å². The lowest BCUT2D eigenvalue weighted by molar-refractivity contribution is -0.114. The van der Waals surface area contributed by atoms with Gasteiger partial charge in [-0.1, -0.05) is 6.58 Å². The minimum Gasteiger partial charge on any atom is -0.489 e. The van der Waals surface area contributed by atoms with Gasteiger partial charge in [-0.25, -0.2) is 0 Å². The third kappa shape index (κ3) is 6.86. The van der Waals surface area contributed by atoms with Gasteiger partial charge >= 0.3 is 0 Å². The number of anilines is 2. The lowest BCUT2D eigenvalue weighted by atomic mass is 10.2. The van der Waals surface area contributed by atoms with Crippen LogP contribution in [0.5, 0.6) is 5.75 Å². The number of rotatable bonds is 9. The number of carbonyl (C=O) groups excluding carboxylic acids is 2. The third-order valence-electron chi connectivity index (χ3n) is 3.56. The SMILES string of the molecule is C=C(C)COc1ccc(NCC(=O)Nc2ccc(C(=O)NCC)cc2)cc1. The Morgan fingerprint density at radius 2 is 1.63 bits per heavy atom. The Morgan fingerprint density at radius 1 is 1.00 bits per heavy atom. The van der Waals surface area contributed by atoms with Crippen LogP contribution in [0.15, 0.2) is 60.7 Å². The summed E-state index contributed by atoms with van der Waals surface area (Å²) in [6, 6.07) is 14.1. The van der Waals surface area contributed by atoms with E-state index in [1.54, 1.807) is 24.3 Å². The molecule has 27 heavy (non-hydrogen) atoms. The van der Waals surface area contributed by atoms with Crippen molar-refractivity contribution in [2.24, 2.45) is 0 Å². The third-order valence-corrected chi connectivity index (χ3v) is 3.56. The molecule has 2 aromatic rings. The molecule has 2 rings (SSSR count). The fraction of sp³-hybridized carbons (Fsp3) is 0.238. The number of hydrogen-bond donors (Lipinski definition) is 3. The van der Waals surface area contributed by atoms with E-state index >= 15 is 0 Å². The fourth-order valence-electron chi connectivity index (χ4n) is 2.23. The summed E-state index contributed by atoms with van der Waals surface area (Å²) in [6.07, 6.45) is 0. The van der Waals surface area contributed by atoms with E-state index in [0.717, 1.165) is 17.0 Å². The number of carbonyl (C=O) groups is 2. The van der Waals surface area contributed by atoms with Gasteiger partial charge in [0.05, 0.1) is 6.54 Å². The molecule has 0 saturated carbocycles. The van der Waals surface area contributed by atoms with Crippen LogP contribution in [-0.2, 0) is 4.79 Å². The van der Waals surface area contributed by atoms with Gasteiger partial charge < -0.3 is 20.7 Å². The lowest BCUT2D eigenvalue weighted by Crippen LogP contribution is -2.23. The molecule has 0 bridgehead atoms. The van der Waals surface area contributed by atoms with Crippen molar-refractivity contribution in [3.63, 3.8) is 0 Å². The lowest BCUT2D eigenvalue weighted by Gasteiger charge is -2.10. The normalized spacial score (nSPS) is 10.0. The Hall–Kier alpha value is -3.28. The predicted molar refractivity (Wildman–Crippen MR) is 108 cm³/mol. The van der Waals surface area contributed by atoms with Crippen molar-refractivity contribution >= 4 is 23.2 Å². The van der Waals surface area contributed by atoms with Crippen LogP contribution in [0.2, 0.25) is 0 Å². The number of benzene rings is 2. The molecule has 0 fully saturated rings. The maximum absolute atomic E-state index is 12.1. The Kier molecular flexibility index (Phi) is 7.43. The van der Waals surface area contributed by atoms with Gasteiger partial charge in [-0.05, 0) is 68.0 Å². The average molecular weight is 367 g/mol. The number of nitrogens with one attached hydrogen (secondary N) is 3. The van der Waals surface area contributed by atoms with Gasteiger partial charge in [0.25, 0.3) is 5.91 Å². The Morgan fingerprint density at radius 3 is 2.22 bits per heavy atom. The maximum Gasteiger partial charge on any atom is 0.251 e. The van der Waals surface area contributed by atoms with E-state index in [2.05, 4.69) is 22.5 Å². The number of hydrogen-bond acceptors (Lipinski definition) is 4. The van der Waals surface area contributed by atoms with Gasteiger partial charge in [0.1, 0.15) is 12.4 Å². The van der Waals surface area contributed by atoms with Crippen LogP contribution in [0.25, 0.3) is 0 Å². The second-order valence-electron chi connectivity index (χ2n) is 6.11. The largest absolute Gasteiger partial charge is 0.489 e. The van der Waals surface area contributed by atoms with Crippen LogP contribution in [0, 0.1) is 0 Å². The Bertz CT molecular complexity index is 783. The predicted octanol–water partition coefficient (Wildman–Crippen LogP) is 3.44. The molecule has 0 aromatic heterocycles. The van der Waals surface area contributed by atoms with Crippen LogP contribution in [-0.4, -0.2) is 31.5 Å². The highest BCUT2D eigenvalue weighted by atomic mass is 16.5. The van der Waals surface area contributed by atoms with E-state index in [0.29, 0.717) is 24.4 Å². The van der Waals surface area contributed by atoms with Gasteiger partial charge in [-0.2, -0.15) is 0 Å². The first-order valence-corrected chi connectivity index (χ1v) is 8.77. The second kappa shape index (κ2) is 10.0. The second-order valence-corrected chi connectivity index (χ2v) is 6.11. The smallest absolute Gasteiger partial charge is 0.251 e. The molecule has 0 radical (unpaired) electrons. The molecule has 0 spiro atoms. The molecular formula is C21H25N3O3. The molecule has 142 valence electrons. The van der Waals surface area contributed by atoms with Crippen LogP contribution in [0.3, 0.4) is 0 Å². The monoisotopic (exact) mass is 367 g/mol. The van der Waals surface area contributed by atoms with Gasteiger partial charge in [0, 0.05) is 23.5 Å². The van der Waals surface area contributed by atoms with Crippen molar-refractivity contribution in [3.8, 4) is 5.75 Å². The number of amides is 2. The average Bonchev–Trinajstić information content (AvgIpc) is 2.66. The molecule has 0 saturated heterocycles. The molecule has 6 heteroatoms. The summed E-state index contributed by atoms with van der Waals surface area (Å²) < 4.78 is 5.53. The minimum absolute atomic E-state index is 0.129. The van der Waals surface area contributed by atoms with E-state index in [4.69, 9.17) is 4.74 Å². The molecule has 0 heterocycles. The summed E-state index contributed by atoms with van der Waals surface area (Å²) in [4.78, 5) is 23.8. The highest BCUT2D eigenvalue weighted by molar-refractivity contribution is 5.96. The number of ether oxygens (including phenoxy) is 1. The van der Waals surface area contributed by atoms with E-state index < -0.39 is 0 Å². The van der Waals surface area contributed by atoms with E-state index in [9.17, 15) is 9.59 Å². The summed E-state index contributed by atoms with van der Waals surface area (Å²) in [5.41, 5.74) is 2.97. The topological polar surface area (TPSA) is 79.5 Å². The molecule has 0 atom stereocenters. The summed E-state index contributed by atoms with van der Waals surface area (Å²) in [5, 5.41) is 8.57. The summed E-state index contributed by atoms with van der Waals surface area (Å²) in [5.74, 6) is 0.441. The van der Waals surface area contributed by atoms with Gasteiger partial charge in [0.15, 0.2) is 0 Å². The zero-order chi connectivity index (χ0) is 19.6. The molecule has 2 amide bonds. The zero-order valence-corrected chi connectivity index (χ0v) is 15.7. The molecule has 6 nitrogen and oxygen atoms in total. The van der Waals surface area contributed by atoms with Gasteiger partial charge in [-0.3, -0.25) is 9.59 Å². The molecule has 0 aliphatic heterocycles. The molecular weight excluding hydrogens is 342 g/mol. The molecule has 3 N–H and O–H groups in total. The first-order valence-electron chi connectivity index (χ1n) is 8.77. The van der Waals surface area contributed by atoms with Crippen molar-refractivity contribution in [1.29, 1.82) is 0 Å².